The number of rotatable bonds is 36. The zero-order valence-electron chi connectivity index (χ0n) is 34.9. The van der Waals surface area contributed by atoms with E-state index in [2.05, 4.69) is 55.6 Å². The van der Waals surface area contributed by atoms with Gasteiger partial charge >= 0.3 is 0 Å². The van der Waals surface area contributed by atoms with E-state index in [9.17, 15) is 30.3 Å². The number of nitrogens with one attached hydrogen (secondary N) is 1. The normalized spacial score (nSPS) is 21.8. The van der Waals surface area contributed by atoms with Crippen molar-refractivity contribution in [3.05, 3.63) is 48.6 Å². The summed E-state index contributed by atoms with van der Waals surface area (Å²) >= 11 is 0. The quantitative estimate of drug-likeness (QED) is 0.0273. The fraction of sp³-hybridized carbons (Fsp3) is 0.804. The summed E-state index contributed by atoms with van der Waals surface area (Å²) in [4.78, 5) is 12.9. The first kappa shape index (κ1) is 51.2. The Hall–Kier alpha value is -1.85. The van der Waals surface area contributed by atoms with Crippen molar-refractivity contribution in [3.63, 3.8) is 0 Å². The summed E-state index contributed by atoms with van der Waals surface area (Å²) in [5.41, 5.74) is 0. The summed E-state index contributed by atoms with van der Waals surface area (Å²) in [6, 6.07) is -0.828. The molecule has 0 aromatic carbocycles. The van der Waals surface area contributed by atoms with Crippen LogP contribution in [0.15, 0.2) is 48.6 Å². The van der Waals surface area contributed by atoms with Gasteiger partial charge in [-0.25, -0.2) is 0 Å². The smallest absolute Gasteiger partial charge is 0.220 e. The van der Waals surface area contributed by atoms with Crippen LogP contribution in [0.3, 0.4) is 0 Å². The van der Waals surface area contributed by atoms with Crippen LogP contribution in [0.1, 0.15) is 181 Å². The first-order chi connectivity index (χ1) is 26.8. The van der Waals surface area contributed by atoms with Gasteiger partial charge in [0, 0.05) is 6.42 Å². The zero-order chi connectivity index (χ0) is 40.2. The second-order valence-corrected chi connectivity index (χ2v) is 15.5. The first-order valence-corrected chi connectivity index (χ1v) is 22.4. The molecule has 6 N–H and O–H groups in total. The molecule has 1 amide bonds. The summed E-state index contributed by atoms with van der Waals surface area (Å²) in [5, 5.41) is 54.1. The largest absolute Gasteiger partial charge is 0.394 e. The number of hydrogen-bond donors (Lipinski definition) is 6. The van der Waals surface area contributed by atoms with E-state index in [-0.39, 0.29) is 12.5 Å². The van der Waals surface area contributed by atoms with Crippen LogP contribution in [-0.2, 0) is 14.3 Å². The van der Waals surface area contributed by atoms with Gasteiger partial charge in [-0.05, 0) is 64.2 Å². The van der Waals surface area contributed by atoms with Crippen molar-refractivity contribution in [1.29, 1.82) is 0 Å². The van der Waals surface area contributed by atoms with Gasteiger partial charge in [0.15, 0.2) is 6.29 Å². The number of hydrogen-bond acceptors (Lipinski definition) is 8. The van der Waals surface area contributed by atoms with E-state index in [1.807, 2.05) is 6.08 Å². The third-order valence-corrected chi connectivity index (χ3v) is 10.4. The van der Waals surface area contributed by atoms with E-state index >= 15 is 0 Å². The Morgan fingerprint density at radius 3 is 1.67 bits per heavy atom. The topological polar surface area (TPSA) is 149 Å². The summed E-state index contributed by atoms with van der Waals surface area (Å²) in [6.45, 7) is 3.71. The van der Waals surface area contributed by atoms with Crippen molar-refractivity contribution in [2.24, 2.45) is 0 Å². The number of unbranched alkanes of at least 4 members (excludes halogenated alkanes) is 20. The Morgan fingerprint density at radius 2 is 1.09 bits per heavy atom. The van der Waals surface area contributed by atoms with Crippen LogP contribution in [0, 0.1) is 0 Å². The standard InChI is InChI=1S/C46H83NO8/c1-3-5-7-9-11-13-15-17-19-20-22-23-25-27-29-31-33-35-40(49)39(38-54-46-45(53)44(52)43(51)41(37-48)55-46)47-42(50)36-34-32-30-28-26-24-21-18-16-14-12-10-8-6-4-2/h12,14,18,21,25,27,33,35,39-41,43-46,48-49,51-53H,3-11,13,15-17,19-20,22-24,26,28-32,34,36-38H2,1-2H3,(H,47,50)/b14-12+,21-18+,27-25+,35-33+/t39-,40+,41+,43+,44?,45?,46+/m0/s1. The molecule has 9 heteroatoms. The molecule has 0 spiro atoms. The van der Waals surface area contributed by atoms with Crippen LogP contribution in [0.4, 0.5) is 0 Å². The molecule has 1 aliphatic heterocycles. The van der Waals surface area contributed by atoms with Gasteiger partial charge in [0.05, 0.1) is 25.4 Å². The van der Waals surface area contributed by atoms with Crippen LogP contribution in [0.2, 0.25) is 0 Å². The number of aliphatic hydroxyl groups is 5. The second-order valence-electron chi connectivity index (χ2n) is 15.5. The highest BCUT2D eigenvalue weighted by Crippen LogP contribution is 2.22. The molecule has 0 aromatic rings. The lowest BCUT2D eigenvalue weighted by Crippen LogP contribution is -2.60. The van der Waals surface area contributed by atoms with Crippen LogP contribution in [-0.4, -0.2) is 87.5 Å². The molecular weight excluding hydrogens is 695 g/mol. The van der Waals surface area contributed by atoms with Crippen molar-refractivity contribution in [1.82, 2.24) is 5.32 Å². The summed E-state index contributed by atoms with van der Waals surface area (Å²) in [6.07, 6.45) is 38.6. The maximum Gasteiger partial charge on any atom is 0.220 e. The molecule has 7 atom stereocenters. The molecule has 0 aliphatic carbocycles. The van der Waals surface area contributed by atoms with Crippen LogP contribution in [0.5, 0.6) is 0 Å². The molecule has 1 saturated heterocycles. The number of carbonyl (C=O) groups is 1. The average molecular weight is 778 g/mol. The number of amides is 1. The Kier molecular flexibility index (Phi) is 33.9. The molecule has 2 unspecified atom stereocenters. The van der Waals surface area contributed by atoms with E-state index in [0.717, 1.165) is 64.2 Å². The lowest BCUT2D eigenvalue weighted by atomic mass is 9.99. The van der Waals surface area contributed by atoms with Gasteiger partial charge in [-0.2, -0.15) is 0 Å². The number of ether oxygens (including phenoxy) is 2. The lowest BCUT2D eigenvalue weighted by molar-refractivity contribution is -0.302. The molecule has 9 nitrogen and oxygen atoms in total. The Bertz CT molecular complexity index is 998. The summed E-state index contributed by atoms with van der Waals surface area (Å²) < 4.78 is 11.2. The highest BCUT2D eigenvalue weighted by Gasteiger charge is 2.44. The van der Waals surface area contributed by atoms with Gasteiger partial charge in [0.25, 0.3) is 0 Å². The molecule has 0 saturated carbocycles. The molecule has 0 radical (unpaired) electrons. The van der Waals surface area contributed by atoms with Crippen LogP contribution < -0.4 is 5.32 Å². The molecule has 0 bridgehead atoms. The first-order valence-electron chi connectivity index (χ1n) is 22.4. The highest BCUT2D eigenvalue weighted by atomic mass is 16.7. The number of carbonyl (C=O) groups excluding carboxylic acids is 1. The SMILES string of the molecule is CCCCC/C=C/C/C=C/CCCCCCCC(=O)N[C@@H](CO[C@@H]1O[C@H](CO)[C@@H](O)C(O)C1O)[C@H](O)/C=C/CC/C=C/CCCCCCCCCCCCC. The molecule has 1 rings (SSSR count). The predicted molar refractivity (Wildman–Crippen MR) is 226 cm³/mol. The van der Waals surface area contributed by atoms with Gasteiger partial charge in [0.2, 0.25) is 5.91 Å². The summed E-state index contributed by atoms with van der Waals surface area (Å²) in [7, 11) is 0. The van der Waals surface area contributed by atoms with E-state index in [4.69, 9.17) is 9.47 Å². The van der Waals surface area contributed by atoms with Gasteiger partial charge in [0.1, 0.15) is 24.4 Å². The molecule has 1 heterocycles. The van der Waals surface area contributed by atoms with Crippen molar-refractivity contribution in [2.75, 3.05) is 13.2 Å². The Labute approximate surface area is 335 Å². The lowest BCUT2D eigenvalue weighted by Gasteiger charge is -2.40. The molecule has 0 aromatic heterocycles. The van der Waals surface area contributed by atoms with Crippen LogP contribution >= 0.6 is 0 Å². The number of aliphatic hydroxyl groups excluding tert-OH is 5. The third kappa shape index (κ3) is 27.4. The summed E-state index contributed by atoms with van der Waals surface area (Å²) in [5.74, 6) is -0.203. The van der Waals surface area contributed by atoms with Crippen molar-refractivity contribution >= 4 is 5.91 Å². The highest BCUT2D eigenvalue weighted by molar-refractivity contribution is 5.76. The van der Waals surface area contributed by atoms with Gasteiger partial charge in [-0.3, -0.25) is 4.79 Å². The minimum absolute atomic E-state index is 0.203. The molecule has 1 fully saturated rings. The van der Waals surface area contributed by atoms with E-state index in [0.29, 0.717) is 6.42 Å². The molecule has 55 heavy (non-hydrogen) atoms. The monoisotopic (exact) mass is 778 g/mol. The molecular formula is C46H83NO8. The van der Waals surface area contributed by atoms with Crippen molar-refractivity contribution < 1.29 is 39.8 Å². The van der Waals surface area contributed by atoms with E-state index < -0.39 is 49.5 Å². The number of allylic oxidation sites excluding steroid dienone is 7. The molecule has 320 valence electrons. The van der Waals surface area contributed by atoms with Crippen molar-refractivity contribution in [3.8, 4) is 0 Å². The molecule has 1 aliphatic rings. The third-order valence-electron chi connectivity index (χ3n) is 10.4. The van der Waals surface area contributed by atoms with E-state index in [1.165, 1.54) is 96.3 Å². The minimum atomic E-state index is -1.57. The van der Waals surface area contributed by atoms with Gasteiger partial charge in [-0.15, -0.1) is 0 Å². The van der Waals surface area contributed by atoms with Crippen LogP contribution in [0.25, 0.3) is 0 Å². The Balaban J connectivity index is 2.42. The van der Waals surface area contributed by atoms with Crippen molar-refractivity contribution in [2.45, 2.75) is 224 Å². The second kappa shape index (κ2) is 36.5. The van der Waals surface area contributed by atoms with Gasteiger partial charge in [-0.1, -0.05) is 159 Å². The fourth-order valence-corrected chi connectivity index (χ4v) is 6.73. The zero-order valence-corrected chi connectivity index (χ0v) is 34.9. The Morgan fingerprint density at radius 1 is 0.618 bits per heavy atom. The minimum Gasteiger partial charge on any atom is -0.394 e. The maximum absolute atomic E-state index is 12.9. The van der Waals surface area contributed by atoms with Gasteiger partial charge < -0.3 is 40.3 Å². The predicted octanol–water partition coefficient (Wildman–Crippen LogP) is 9.06. The maximum atomic E-state index is 12.9. The van der Waals surface area contributed by atoms with E-state index in [1.54, 1.807) is 6.08 Å². The fourth-order valence-electron chi connectivity index (χ4n) is 6.73. The average Bonchev–Trinajstić information content (AvgIpc) is 3.18.